The van der Waals surface area contributed by atoms with Crippen LogP contribution in [0.25, 0.3) is 0 Å². The average molecular weight is 386 g/mol. The van der Waals surface area contributed by atoms with Gasteiger partial charge >= 0.3 is 0 Å². The minimum absolute atomic E-state index is 0.247. The molecule has 27 heavy (non-hydrogen) atoms. The molecule has 1 aliphatic rings. The van der Waals surface area contributed by atoms with Gasteiger partial charge in [0.05, 0.1) is 6.54 Å². The van der Waals surface area contributed by atoms with Gasteiger partial charge in [-0.25, -0.2) is 15.0 Å². The zero-order chi connectivity index (χ0) is 19.2. The van der Waals surface area contributed by atoms with Crippen molar-refractivity contribution in [1.29, 1.82) is 0 Å². The van der Waals surface area contributed by atoms with Crippen molar-refractivity contribution in [3.05, 3.63) is 41.2 Å². The number of nitrogens with zero attached hydrogens (tertiary/aromatic N) is 3. The number of hydrogen-bond donors (Lipinski definition) is 3. The molecule has 0 unspecified atom stereocenters. The van der Waals surface area contributed by atoms with Gasteiger partial charge in [-0.05, 0) is 56.8 Å². The van der Waals surface area contributed by atoms with Gasteiger partial charge in [-0.2, -0.15) is 0 Å². The summed E-state index contributed by atoms with van der Waals surface area (Å²) in [7, 11) is 0. The lowest BCUT2D eigenvalue weighted by molar-refractivity contribution is 0.174. The standard InChI is InChI=1S/C18H22N6O2S/c1-4-19-18(27)24-16(23-17-21-11(2)7-12(3)22-17)20-9-13-5-6-14-15(8-13)26-10-25-14/h5-8H,4,9-10H2,1-3H3,(H3,19,20,21,22,23,24,27). The highest BCUT2D eigenvalue weighted by molar-refractivity contribution is 7.80. The maximum absolute atomic E-state index is 5.41. The molecule has 0 radical (unpaired) electrons. The van der Waals surface area contributed by atoms with E-state index in [1.807, 2.05) is 45.0 Å². The zero-order valence-electron chi connectivity index (χ0n) is 15.5. The monoisotopic (exact) mass is 386 g/mol. The Morgan fingerprint density at radius 1 is 1.15 bits per heavy atom. The fourth-order valence-electron chi connectivity index (χ4n) is 2.52. The van der Waals surface area contributed by atoms with Crippen LogP contribution in [0.1, 0.15) is 23.9 Å². The Kier molecular flexibility index (Phi) is 6.02. The summed E-state index contributed by atoms with van der Waals surface area (Å²) < 4.78 is 10.7. The van der Waals surface area contributed by atoms with Crippen LogP contribution in [-0.2, 0) is 6.54 Å². The lowest BCUT2D eigenvalue weighted by Gasteiger charge is -2.13. The molecule has 0 atom stereocenters. The van der Waals surface area contributed by atoms with Gasteiger partial charge in [-0.15, -0.1) is 0 Å². The Bertz CT molecular complexity index is 851. The number of thiocarbonyl (C=S) groups is 1. The van der Waals surface area contributed by atoms with Crippen LogP contribution in [0.3, 0.4) is 0 Å². The van der Waals surface area contributed by atoms with Gasteiger partial charge in [0, 0.05) is 17.9 Å². The summed E-state index contributed by atoms with van der Waals surface area (Å²) in [5.74, 6) is 2.40. The zero-order valence-corrected chi connectivity index (χ0v) is 16.3. The molecule has 0 aliphatic carbocycles. The molecule has 8 nitrogen and oxygen atoms in total. The van der Waals surface area contributed by atoms with Gasteiger partial charge in [0.25, 0.3) is 0 Å². The number of rotatable bonds is 4. The first-order valence-corrected chi connectivity index (χ1v) is 9.01. The second-order valence-corrected chi connectivity index (χ2v) is 6.34. The Balaban J connectivity index is 1.77. The third-order valence-corrected chi connectivity index (χ3v) is 3.88. The Morgan fingerprint density at radius 3 is 2.63 bits per heavy atom. The van der Waals surface area contributed by atoms with Gasteiger partial charge in [0.1, 0.15) is 0 Å². The number of aryl methyl sites for hydroxylation is 2. The summed E-state index contributed by atoms with van der Waals surface area (Å²) in [6.45, 7) is 7.18. The second kappa shape index (κ2) is 8.63. The van der Waals surface area contributed by atoms with Crippen molar-refractivity contribution >= 4 is 29.2 Å². The van der Waals surface area contributed by atoms with Gasteiger partial charge in [0.2, 0.25) is 18.7 Å². The van der Waals surface area contributed by atoms with Crippen LogP contribution < -0.4 is 25.4 Å². The predicted molar refractivity (Wildman–Crippen MR) is 108 cm³/mol. The quantitative estimate of drug-likeness (QED) is 0.419. The molecule has 2 aromatic rings. The van der Waals surface area contributed by atoms with Crippen molar-refractivity contribution < 1.29 is 9.47 Å². The Morgan fingerprint density at radius 2 is 1.89 bits per heavy atom. The molecule has 2 heterocycles. The molecule has 1 aromatic heterocycles. The van der Waals surface area contributed by atoms with Crippen LogP contribution in [0.5, 0.6) is 11.5 Å². The SMILES string of the molecule is CCNC(=S)NC(=NCc1ccc2c(c1)OCO2)Nc1nc(C)cc(C)n1. The molecule has 3 N–H and O–H groups in total. The summed E-state index contributed by atoms with van der Waals surface area (Å²) in [4.78, 5) is 13.4. The van der Waals surface area contributed by atoms with E-state index in [4.69, 9.17) is 21.7 Å². The number of fused-ring (bicyclic) bond motifs is 1. The summed E-state index contributed by atoms with van der Waals surface area (Å²) >= 11 is 5.27. The van der Waals surface area contributed by atoms with E-state index in [9.17, 15) is 0 Å². The highest BCUT2D eigenvalue weighted by Crippen LogP contribution is 2.32. The molecule has 9 heteroatoms. The smallest absolute Gasteiger partial charge is 0.231 e. The van der Waals surface area contributed by atoms with Crippen LogP contribution in [0.2, 0.25) is 0 Å². The molecular formula is C18H22N6O2S. The number of benzene rings is 1. The topological polar surface area (TPSA) is 92.7 Å². The third-order valence-electron chi connectivity index (χ3n) is 3.64. The predicted octanol–water partition coefficient (Wildman–Crippen LogP) is 2.27. The van der Waals surface area contributed by atoms with Crippen molar-refractivity contribution in [1.82, 2.24) is 20.6 Å². The summed E-state index contributed by atoms with van der Waals surface area (Å²) in [6.07, 6.45) is 0. The molecule has 0 amide bonds. The number of ether oxygens (including phenoxy) is 2. The molecule has 0 saturated heterocycles. The van der Waals surface area contributed by atoms with Gasteiger partial charge < -0.3 is 20.1 Å². The average Bonchev–Trinajstić information content (AvgIpc) is 3.06. The van der Waals surface area contributed by atoms with E-state index < -0.39 is 0 Å². The first kappa shape index (κ1) is 18.8. The lowest BCUT2D eigenvalue weighted by atomic mass is 10.2. The number of aliphatic imine (C=N–C) groups is 1. The van der Waals surface area contributed by atoms with E-state index in [1.165, 1.54) is 0 Å². The molecular weight excluding hydrogens is 364 g/mol. The fourth-order valence-corrected chi connectivity index (χ4v) is 2.76. The van der Waals surface area contributed by atoms with Crippen LogP contribution in [0.15, 0.2) is 29.3 Å². The van der Waals surface area contributed by atoms with Crippen molar-refractivity contribution in [2.24, 2.45) is 4.99 Å². The van der Waals surface area contributed by atoms with Crippen LogP contribution >= 0.6 is 12.2 Å². The number of nitrogens with one attached hydrogen (secondary N) is 3. The maximum atomic E-state index is 5.41. The van der Waals surface area contributed by atoms with Crippen LogP contribution in [-0.4, -0.2) is 34.4 Å². The first-order chi connectivity index (χ1) is 13.0. The lowest BCUT2D eigenvalue weighted by Crippen LogP contribution is -2.42. The Labute approximate surface area is 163 Å². The van der Waals surface area contributed by atoms with E-state index in [0.717, 1.165) is 28.5 Å². The molecule has 3 rings (SSSR count). The summed E-state index contributed by atoms with van der Waals surface area (Å²) in [6, 6.07) is 7.65. The van der Waals surface area contributed by atoms with Crippen molar-refractivity contribution in [3.63, 3.8) is 0 Å². The largest absolute Gasteiger partial charge is 0.454 e. The van der Waals surface area contributed by atoms with Crippen molar-refractivity contribution in [2.45, 2.75) is 27.3 Å². The number of hydrogen-bond acceptors (Lipinski definition) is 6. The minimum atomic E-state index is 0.247. The van der Waals surface area contributed by atoms with Crippen LogP contribution in [0, 0.1) is 13.8 Å². The molecule has 0 fully saturated rings. The number of guanidine groups is 1. The van der Waals surface area contributed by atoms with Crippen molar-refractivity contribution in [2.75, 3.05) is 18.7 Å². The molecule has 0 saturated carbocycles. The number of anilines is 1. The van der Waals surface area contributed by atoms with Crippen molar-refractivity contribution in [3.8, 4) is 11.5 Å². The molecule has 1 aromatic carbocycles. The molecule has 0 spiro atoms. The van der Waals surface area contributed by atoms with E-state index in [-0.39, 0.29) is 6.79 Å². The molecule has 142 valence electrons. The van der Waals surface area contributed by atoms with Gasteiger partial charge in [-0.3, -0.25) is 5.32 Å². The maximum Gasteiger partial charge on any atom is 0.231 e. The first-order valence-electron chi connectivity index (χ1n) is 8.60. The summed E-state index contributed by atoms with van der Waals surface area (Å²) in [5.41, 5.74) is 2.72. The van der Waals surface area contributed by atoms with E-state index in [1.54, 1.807) is 0 Å². The van der Waals surface area contributed by atoms with Gasteiger partial charge in [0.15, 0.2) is 16.6 Å². The van der Waals surface area contributed by atoms with Crippen LogP contribution in [0.4, 0.5) is 5.95 Å². The van der Waals surface area contributed by atoms with Gasteiger partial charge in [-0.1, -0.05) is 6.07 Å². The minimum Gasteiger partial charge on any atom is -0.454 e. The third kappa shape index (κ3) is 5.27. The fraction of sp³-hybridized carbons (Fsp3) is 0.333. The second-order valence-electron chi connectivity index (χ2n) is 5.94. The number of aromatic nitrogens is 2. The molecule has 1 aliphatic heterocycles. The summed E-state index contributed by atoms with van der Waals surface area (Å²) in [5, 5.41) is 9.67. The Hall–Kier alpha value is -2.94. The highest BCUT2D eigenvalue weighted by atomic mass is 32.1. The van der Waals surface area contributed by atoms with E-state index in [0.29, 0.717) is 30.1 Å². The molecule has 0 bridgehead atoms. The normalized spacial score (nSPS) is 12.6. The van der Waals surface area contributed by atoms with E-state index >= 15 is 0 Å². The highest BCUT2D eigenvalue weighted by Gasteiger charge is 2.13. The van der Waals surface area contributed by atoms with E-state index in [2.05, 4.69) is 30.9 Å².